The van der Waals surface area contributed by atoms with E-state index in [1.807, 2.05) is 36.4 Å². The Morgan fingerprint density at radius 3 is 2.36 bits per heavy atom. The monoisotopic (exact) mass is 339 g/mol. The van der Waals surface area contributed by atoms with Crippen LogP contribution in [0.1, 0.15) is 25.3 Å². The third-order valence-corrected chi connectivity index (χ3v) is 4.05. The predicted molar refractivity (Wildman–Crippen MR) is 105 cm³/mol. The molecule has 0 spiro atoms. The molecule has 2 rings (SSSR count). The second-order valence-electron chi connectivity index (χ2n) is 6.55. The van der Waals surface area contributed by atoms with Crippen molar-refractivity contribution in [2.24, 2.45) is 0 Å². The summed E-state index contributed by atoms with van der Waals surface area (Å²) >= 11 is 0. The van der Waals surface area contributed by atoms with Gasteiger partial charge in [0.1, 0.15) is 0 Å². The predicted octanol–water partition coefficient (Wildman–Crippen LogP) is 3.52. The number of nitrogens with zero attached hydrogens (tertiary/aromatic N) is 1. The first-order valence-electron chi connectivity index (χ1n) is 8.94. The molecule has 0 aliphatic heterocycles. The summed E-state index contributed by atoms with van der Waals surface area (Å²) < 4.78 is 0. The van der Waals surface area contributed by atoms with Gasteiger partial charge in [-0.05, 0) is 51.2 Å². The van der Waals surface area contributed by atoms with Gasteiger partial charge in [0.2, 0.25) is 5.91 Å². The molecule has 134 valence electrons. The van der Waals surface area contributed by atoms with Gasteiger partial charge in [0.15, 0.2) is 0 Å². The van der Waals surface area contributed by atoms with E-state index in [0.29, 0.717) is 6.42 Å². The fourth-order valence-corrected chi connectivity index (χ4v) is 2.76. The molecule has 1 amide bonds. The Labute approximate surface area is 151 Å². The zero-order valence-electron chi connectivity index (χ0n) is 15.2. The third kappa shape index (κ3) is 7.96. The topological polar surface area (TPSA) is 44.4 Å². The van der Waals surface area contributed by atoms with E-state index in [-0.39, 0.29) is 11.9 Å². The lowest BCUT2D eigenvalue weighted by molar-refractivity contribution is -0.116. The molecular formula is C21H29N3O. The van der Waals surface area contributed by atoms with E-state index in [4.69, 9.17) is 0 Å². The summed E-state index contributed by atoms with van der Waals surface area (Å²) in [6.07, 6.45) is 1.54. The van der Waals surface area contributed by atoms with Crippen molar-refractivity contribution in [3.8, 4) is 0 Å². The van der Waals surface area contributed by atoms with E-state index >= 15 is 0 Å². The molecule has 1 unspecified atom stereocenters. The molecule has 0 saturated carbocycles. The molecule has 25 heavy (non-hydrogen) atoms. The van der Waals surface area contributed by atoms with Crippen LogP contribution in [0.4, 0.5) is 5.69 Å². The molecule has 1 atom stereocenters. The van der Waals surface area contributed by atoms with E-state index in [2.05, 4.69) is 53.8 Å². The molecule has 2 aromatic carbocycles. The van der Waals surface area contributed by atoms with Gasteiger partial charge in [-0.1, -0.05) is 48.5 Å². The molecule has 4 nitrogen and oxygen atoms in total. The maximum absolute atomic E-state index is 12.0. The lowest BCUT2D eigenvalue weighted by atomic mass is 10.2. The molecule has 2 aromatic rings. The van der Waals surface area contributed by atoms with Crippen LogP contribution in [0.15, 0.2) is 60.7 Å². The highest BCUT2D eigenvalue weighted by atomic mass is 16.1. The number of rotatable bonds is 10. The molecule has 0 aliphatic rings. The fourth-order valence-electron chi connectivity index (χ4n) is 2.76. The zero-order valence-corrected chi connectivity index (χ0v) is 15.2. The molecule has 0 fully saturated rings. The quantitative estimate of drug-likeness (QED) is 0.651. The zero-order chi connectivity index (χ0) is 17.9. The van der Waals surface area contributed by atoms with Crippen LogP contribution < -0.4 is 10.6 Å². The smallest absolute Gasteiger partial charge is 0.225 e. The van der Waals surface area contributed by atoms with Crippen molar-refractivity contribution in [2.75, 3.05) is 25.5 Å². The number of carbonyl (C=O) groups is 1. The number of carbonyl (C=O) groups excluding carboxylic acids is 1. The summed E-state index contributed by atoms with van der Waals surface area (Å²) in [5, 5.41) is 6.35. The highest BCUT2D eigenvalue weighted by Gasteiger charge is 2.08. The van der Waals surface area contributed by atoms with Gasteiger partial charge in [-0.3, -0.25) is 4.79 Å². The van der Waals surface area contributed by atoms with Crippen molar-refractivity contribution >= 4 is 11.6 Å². The fraction of sp³-hybridized carbons (Fsp3) is 0.381. The van der Waals surface area contributed by atoms with Gasteiger partial charge >= 0.3 is 0 Å². The van der Waals surface area contributed by atoms with Crippen molar-refractivity contribution in [2.45, 2.75) is 32.4 Å². The number of nitrogens with one attached hydrogen (secondary N) is 2. The van der Waals surface area contributed by atoms with Gasteiger partial charge in [-0.2, -0.15) is 0 Å². The van der Waals surface area contributed by atoms with Crippen molar-refractivity contribution in [3.63, 3.8) is 0 Å². The van der Waals surface area contributed by atoms with Gasteiger partial charge in [0, 0.05) is 24.7 Å². The Morgan fingerprint density at radius 2 is 1.68 bits per heavy atom. The molecule has 0 heterocycles. The van der Waals surface area contributed by atoms with Gasteiger partial charge in [-0.25, -0.2) is 0 Å². The number of hydrogen-bond donors (Lipinski definition) is 2. The molecule has 0 bridgehead atoms. The summed E-state index contributed by atoms with van der Waals surface area (Å²) in [5.41, 5.74) is 2.19. The molecular weight excluding hydrogens is 310 g/mol. The van der Waals surface area contributed by atoms with E-state index in [0.717, 1.165) is 31.7 Å². The Morgan fingerprint density at radius 1 is 1.04 bits per heavy atom. The summed E-state index contributed by atoms with van der Waals surface area (Å²) in [7, 11) is 2.14. The minimum absolute atomic E-state index is 0.0485. The van der Waals surface area contributed by atoms with E-state index in [1.165, 1.54) is 5.56 Å². The van der Waals surface area contributed by atoms with Crippen molar-refractivity contribution in [1.82, 2.24) is 10.2 Å². The molecule has 0 saturated heterocycles. The van der Waals surface area contributed by atoms with Crippen molar-refractivity contribution < 1.29 is 4.79 Å². The molecule has 2 N–H and O–H groups in total. The first-order valence-corrected chi connectivity index (χ1v) is 8.94. The van der Waals surface area contributed by atoms with Crippen molar-refractivity contribution in [3.05, 3.63) is 66.2 Å². The SMILES string of the molecule is CC(CC(=O)Nc1ccccc1)NCCCN(C)Cc1ccccc1. The normalized spacial score (nSPS) is 12.1. The van der Waals surface area contributed by atoms with Crippen LogP contribution in [-0.4, -0.2) is 37.0 Å². The molecule has 0 radical (unpaired) electrons. The standard InChI is InChI=1S/C21H29N3O/c1-18(16-21(25)23-20-12-7-4-8-13-20)22-14-9-15-24(2)17-19-10-5-3-6-11-19/h3-8,10-13,18,22H,9,14-17H2,1-2H3,(H,23,25). The van der Waals surface area contributed by atoms with Crippen LogP contribution in [0, 0.1) is 0 Å². The van der Waals surface area contributed by atoms with Gasteiger partial charge in [-0.15, -0.1) is 0 Å². The second-order valence-corrected chi connectivity index (χ2v) is 6.55. The minimum atomic E-state index is 0.0485. The molecule has 4 heteroatoms. The number of benzene rings is 2. The van der Waals surface area contributed by atoms with Gasteiger partial charge < -0.3 is 15.5 Å². The van der Waals surface area contributed by atoms with Gasteiger partial charge in [0.05, 0.1) is 0 Å². The van der Waals surface area contributed by atoms with Crippen LogP contribution in [-0.2, 0) is 11.3 Å². The van der Waals surface area contributed by atoms with Gasteiger partial charge in [0.25, 0.3) is 0 Å². The highest BCUT2D eigenvalue weighted by Crippen LogP contribution is 2.06. The summed E-state index contributed by atoms with van der Waals surface area (Å²) in [5.74, 6) is 0.0485. The van der Waals surface area contributed by atoms with Crippen LogP contribution in [0.2, 0.25) is 0 Å². The first-order chi connectivity index (χ1) is 12.1. The van der Waals surface area contributed by atoms with Crippen LogP contribution in [0.25, 0.3) is 0 Å². The van der Waals surface area contributed by atoms with E-state index < -0.39 is 0 Å². The van der Waals surface area contributed by atoms with Crippen LogP contribution in [0.3, 0.4) is 0 Å². The summed E-state index contributed by atoms with van der Waals surface area (Å²) in [6, 6.07) is 20.3. The van der Waals surface area contributed by atoms with Crippen molar-refractivity contribution in [1.29, 1.82) is 0 Å². The van der Waals surface area contributed by atoms with Crippen LogP contribution >= 0.6 is 0 Å². The Bertz CT molecular complexity index is 616. The average Bonchev–Trinajstić information content (AvgIpc) is 2.60. The third-order valence-electron chi connectivity index (χ3n) is 4.05. The van der Waals surface area contributed by atoms with E-state index in [1.54, 1.807) is 0 Å². The minimum Gasteiger partial charge on any atom is -0.326 e. The number of para-hydroxylation sites is 1. The molecule has 0 aromatic heterocycles. The second kappa shape index (κ2) is 10.6. The summed E-state index contributed by atoms with van der Waals surface area (Å²) in [4.78, 5) is 14.3. The lowest BCUT2D eigenvalue weighted by Crippen LogP contribution is -2.32. The average molecular weight is 339 g/mol. The highest BCUT2D eigenvalue weighted by molar-refractivity contribution is 5.90. The Hall–Kier alpha value is -2.17. The first kappa shape index (κ1) is 19.2. The number of anilines is 1. The lowest BCUT2D eigenvalue weighted by Gasteiger charge is -2.18. The maximum Gasteiger partial charge on any atom is 0.225 e. The number of amides is 1. The number of hydrogen-bond acceptors (Lipinski definition) is 3. The maximum atomic E-state index is 12.0. The molecule has 0 aliphatic carbocycles. The Kier molecular flexibility index (Phi) is 8.16. The largest absolute Gasteiger partial charge is 0.326 e. The van der Waals surface area contributed by atoms with E-state index in [9.17, 15) is 4.79 Å². The van der Waals surface area contributed by atoms with Crippen LogP contribution in [0.5, 0.6) is 0 Å². The summed E-state index contributed by atoms with van der Waals surface area (Å²) in [6.45, 7) is 4.97. The Balaban J connectivity index is 1.57.